The summed E-state index contributed by atoms with van der Waals surface area (Å²) in [6.45, 7) is 0.0187. The van der Waals surface area contributed by atoms with Crippen LogP contribution in [0.2, 0.25) is 0 Å². The molecule has 1 aliphatic rings. The summed E-state index contributed by atoms with van der Waals surface area (Å²) in [6, 6.07) is 13.3. The number of ether oxygens (including phenoxy) is 1. The number of rotatable bonds is 4. The number of aliphatic hydroxyl groups is 2. The number of fused-ring (bicyclic) bond motifs is 1. The van der Waals surface area contributed by atoms with Crippen molar-refractivity contribution in [3.05, 3.63) is 66.9 Å². The molecule has 0 bridgehead atoms. The van der Waals surface area contributed by atoms with E-state index in [0.717, 1.165) is 11.1 Å². The van der Waals surface area contributed by atoms with Crippen molar-refractivity contribution in [2.45, 2.75) is 18.4 Å². The molecule has 0 aliphatic carbocycles. The van der Waals surface area contributed by atoms with Gasteiger partial charge in [0.05, 0.1) is 12.0 Å². The van der Waals surface area contributed by atoms with Crippen LogP contribution in [0.15, 0.2) is 61.1 Å². The third kappa shape index (κ3) is 3.48. The molecule has 1 aliphatic heterocycles. The SMILES string of the molecule is Nc1cccc(-c2cn([C@@H]3OC[C@@H](O)[C@H]3O)c3ncnc(Nc4ccc(F)cc4)c23)c1. The number of hydrogen-bond acceptors (Lipinski definition) is 7. The lowest BCUT2D eigenvalue weighted by Gasteiger charge is -2.17. The smallest absolute Gasteiger partial charge is 0.164 e. The summed E-state index contributed by atoms with van der Waals surface area (Å²) in [5.74, 6) is 0.164. The minimum atomic E-state index is -1.10. The van der Waals surface area contributed by atoms with E-state index in [0.29, 0.717) is 28.2 Å². The van der Waals surface area contributed by atoms with Gasteiger partial charge in [-0.05, 0) is 42.0 Å². The fourth-order valence-electron chi connectivity index (χ4n) is 3.80. The summed E-state index contributed by atoms with van der Waals surface area (Å²) in [5, 5.41) is 24.3. The highest BCUT2D eigenvalue weighted by molar-refractivity contribution is 6.02. The van der Waals surface area contributed by atoms with Gasteiger partial charge in [-0.3, -0.25) is 0 Å². The topological polar surface area (TPSA) is 118 Å². The summed E-state index contributed by atoms with van der Waals surface area (Å²) >= 11 is 0. The second-order valence-corrected chi connectivity index (χ2v) is 7.41. The van der Waals surface area contributed by atoms with Gasteiger partial charge in [0.1, 0.15) is 35.8 Å². The van der Waals surface area contributed by atoms with Crippen molar-refractivity contribution in [3.63, 3.8) is 0 Å². The van der Waals surface area contributed by atoms with Crippen LogP contribution in [0.4, 0.5) is 21.6 Å². The lowest BCUT2D eigenvalue weighted by atomic mass is 10.1. The summed E-state index contributed by atoms with van der Waals surface area (Å²) in [5.41, 5.74) is 9.35. The zero-order valence-corrected chi connectivity index (χ0v) is 16.3. The van der Waals surface area contributed by atoms with Gasteiger partial charge in [-0.25, -0.2) is 14.4 Å². The highest BCUT2D eigenvalue weighted by Crippen LogP contribution is 2.38. The van der Waals surface area contributed by atoms with Gasteiger partial charge in [0, 0.05) is 23.1 Å². The molecule has 158 valence electrons. The number of hydrogen-bond donors (Lipinski definition) is 4. The van der Waals surface area contributed by atoms with Crippen molar-refractivity contribution < 1.29 is 19.3 Å². The molecule has 0 saturated carbocycles. The van der Waals surface area contributed by atoms with Crippen LogP contribution in [0.25, 0.3) is 22.2 Å². The Morgan fingerprint density at radius 2 is 1.94 bits per heavy atom. The third-order valence-corrected chi connectivity index (χ3v) is 5.31. The first kappa shape index (κ1) is 19.4. The Hall–Kier alpha value is -3.53. The van der Waals surface area contributed by atoms with Gasteiger partial charge in [0.2, 0.25) is 0 Å². The van der Waals surface area contributed by atoms with Gasteiger partial charge in [0.25, 0.3) is 0 Å². The molecule has 1 fully saturated rings. The minimum absolute atomic E-state index is 0.0187. The third-order valence-electron chi connectivity index (χ3n) is 5.31. The Morgan fingerprint density at radius 3 is 2.65 bits per heavy atom. The number of halogens is 1. The Bertz CT molecular complexity index is 1240. The lowest BCUT2D eigenvalue weighted by molar-refractivity contribution is -0.0159. The number of nitrogens with one attached hydrogen (secondary N) is 1. The average Bonchev–Trinajstić information content (AvgIpc) is 3.31. The van der Waals surface area contributed by atoms with Gasteiger partial charge in [-0.1, -0.05) is 12.1 Å². The molecule has 0 amide bonds. The number of nitrogen functional groups attached to an aromatic ring is 1. The fraction of sp³-hybridized carbons (Fsp3) is 0.182. The number of nitrogens with zero attached hydrogens (tertiary/aromatic N) is 3. The second kappa shape index (κ2) is 7.62. The van der Waals surface area contributed by atoms with Crippen molar-refractivity contribution >= 4 is 28.2 Å². The number of aromatic nitrogens is 3. The molecule has 8 nitrogen and oxygen atoms in total. The molecular formula is C22H20FN5O3. The molecule has 1 saturated heterocycles. The molecule has 5 rings (SSSR count). The van der Waals surface area contributed by atoms with E-state index in [1.165, 1.54) is 18.5 Å². The quantitative estimate of drug-likeness (QED) is 0.374. The van der Waals surface area contributed by atoms with Gasteiger partial charge in [-0.2, -0.15) is 0 Å². The monoisotopic (exact) mass is 421 g/mol. The zero-order valence-electron chi connectivity index (χ0n) is 16.3. The molecule has 2 aromatic carbocycles. The van der Waals surface area contributed by atoms with Crippen LogP contribution in [0, 0.1) is 5.82 Å². The maximum absolute atomic E-state index is 13.3. The van der Waals surface area contributed by atoms with Crippen molar-refractivity contribution in [1.82, 2.24) is 14.5 Å². The van der Waals surface area contributed by atoms with E-state index in [9.17, 15) is 14.6 Å². The van der Waals surface area contributed by atoms with E-state index < -0.39 is 18.4 Å². The highest BCUT2D eigenvalue weighted by atomic mass is 19.1. The molecule has 3 atom stereocenters. The maximum Gasteiger partial charge on any atom is 0.164 e. The van der Waals surface area contributed by atoms with Crippen LogP contribution in [0.1, 0.15) is 6.23 Å². The van der Waals surface area contributed by atoms with Crippen molar-refractivity contribution in [3.8, 4) is 11.1 Å². The summed E-state index contributed by atoms with van der Waals surface area (Å²) in [7, 11) is 0. The molecule has 31 heavy (non-hydrogen) atoms. The fourth-order valence-corrected chi connectivity index (χ4v) is 3.80. The number of aliphatic hydroxyl groups excluding tert-OH is 2. The van der Waals surface area contributed by atoms with E-state index >= 15 is 0 Å². The second-order valence-electron chi connectivity index (χ2n) is 7.41. The van der Waals surface area contributed by atoms with Crippen LogP contribution >= 0.6 is 0 Å². The first-order chi connectivity index (χ1) is 15.0. The molecule has 2 aromatic heterocycles. The molecule has 0 spiro atoms. The van der Waals surface area contributed by atoms with Crippen molar-refractivity contribution in [2.24, 2.45) is 0 Å². The first-order valence-electron chi connectivity index (χ1n) is 9.73. The van der Waals surface area contributed by atoms with Crippen LogP contribution in [0.5, 0.6) is 0 Å². The normalized spacial score (nSPS) is 20.9. The number of nitrogens with two attached hydrogens (primary N) is 1. The maximum atomic E-state index is 13.3. The van der Waals surface area contributed by atoms with Crippen LogP contribution in [-0.2, 0) is 4.74 Å². The predicted octanol–water partition coefficient (Wildman–Crippen LogP) is 2.81. The van der Waals surface area contributed by atoms with E-state index in [4.69, 9.17) is 10.5 Å². The van der Waals surface area contributed by atoms with Gasteiger partial charge < -0.3 is 30.6 Å². The molecule has 4 aromatic rings. The first-order valence-corrected chi connectivity index (χ1v) is 9.73. The van der Waals surface area contributed by atoms with Crippen LogP contribution in [0.3, 0.4) is 0 Å². The largest absolute Gasteiger partial charge is 0.399 e. The standard InChI is InChI=1S/C22H20FN5O3/c23-13-4-6-15(7-5-13)27-20-18-16(12-2-1-3-14(24)8-12)9-28(21(18)26-11-25-20)22-19(30)17(29)10-31-22/h1-9,11,17,19,22,29-30H,10,24H2,(H,25,26,27)/t17-,19-,22-/m1/s1. The summed E-state index contributed by atoms with van der Waals surface area (Å²) < 4.78 is 20.6. The van der Waals surface area contributed by atoms with Gasteiger partial charge in [0.15, 0.2) is 6.23 Å². The molecule has 9 heteroatoms. The Kier molecular flexibility index (Phi) is 4.78. The number of anilines is 3. The van der Waals surface area contributed by atoms with E-state index in [1.54, 1.807) is 29.0 Å². The van der Waals surface area contributed by atoms with Crippen molar-refractivity contribution in [2.75, 3.05) is 17.7 Å². The molecule has 5 N–H and O–H groups in total. The Labute approximate surface area is 176 Å². The number of benzene rings is 2. The minimum Gasteiger partial charge on any atom is -0.399 e. The predicted molar refractivity (Wildman–Crippen MR) is 114 cm³/mol. The highest BCUT2D eigenvalue weighted by Gasteiger charge is 2.37. The van der Waals surface area contributed by atoms with E-state index in [1.807, 2.05) is 18.2 Å². The lowest BCUT2D eigenvalue weighted by Crippen LogP contribution is -2.28. The Balaban J connectivity index is 1.70. The average molecular weight is 421 g/mol. The van der Waals surface area contributed by atoms with Gasteiger partial charge in [-0.15, -0.1) is 0 Å². The van der Waals surface area contributed by atoms with Crippen LogP contribution < -0.4 is 11.1 Å². The Morgan fingerprint density at radius 1 is 1.13 bits per heavy atom. The van der Waals surface area contributed by atoms with Crippen molar-refractivity contribution in [1.29, 1.82) is 0 Å². The van der Waals surface area contributed by atoms with Gasteiger partial charge >= 0.3 is 0 Å². The molecule has 0 unspecified atom stereocenters. The van der Waals surface area contributed by atoms with Crippen LogP contribution in [-0.4, -0.2) is 43.6 Å². The van der Waals surface area contributed by atoms with E-state index in [2.05, 4.69) is 15.3 Å². The summed E-state index contributed by atoms with van der Waals surface area (Å²) in [6.07, 6.45) is 0.298. The molecule has 0 radical (unpaired) electrons. The zero-order chi connectivity index (χ0) is 21.5. The van der Waals surface area contributed by atoms with E-state index in [-0.39, 0.29) is 12.4 Å². The molecule has 3 heterocycles. The summed E-state index contributed by atoms with van der Waals surface area (Å²) in [4.78, 5) is 8.81. The molecular weight excluding hydrogens is 401 g/mol.